The third-order valence-electron chi connectivity index (χ3n) is 2.35. The molecule has 0 aromatic carbocycles. The number of Topliss-reactive ketones (excluding diaryl/α,β-unsaturated/α-hetero) is 1. The minimum atomic E-state index is 0.299. The maximum Gasteiger partial charge on any atom is 0.153 e. The lowest BCUT2D eigenvalue weighted by Gasteiger charge is -2.12. The zero-order valence-corrected chi connectivity index (χ0v) is 9.10. The van der Waals surface area contributed by atoms with Crippen molar-refractivity contribution < 1.29 is 4.79 Å². The molecule has 13 heavy (non-hydrogen) atoms. The van der Waals surface area contributed by atoms with Gasteiger partial charge in [-0.3, -0.25) is 4.79 Å². The lowest BCUT2D eigenvalue weighted by Crippen LogP contribution is -2.19. The van der Waals surface area contributed by atoms with Crippen LogP contribution in [0.25, 0.3) is 0 Å². The first kappa shape index (κ1) is 8.94. The Bertz CT molecular complexity index is 357. The summed E-state index contributed by atoms with van der Waals surface area (Å²) in [6.07, 6.45) is 2.35. The number of halogens is 1. The molecule has 0 spiro atoms. The first-order chi connectivity index (χ1) is 6.22. The molecule has 0 radical (unpaired) electrons. The summed E-state index contributed by atoms with van der Waals surface area (Å²) in [5.41, 5.74) is 1.06. The van der Waals surface area contributed by atoms with Gasteiger partial charge in [-0.25, -0.2) is 4.98 Å². The average molecular weight is 243 g/mol. The van der Waals surface area contributed by atoms with Crippen LogP contribution in [-0.2, 0) is 24.2 Å². The SMILES string of the molecule is CCc1nc2n(c1Br)CC(=O)CC2. The Morgan fingerprint density at radius 3 is 3.00 bits per heavy atom. The zero-order valence-electron chi connectivity index (χ0n) is 7.51. The molecule has 1 aliphatic heterocycles. The van der Waals surface area contributed by atoms with Crippen LogP contribution in [0.3, 0.4) is 0 Å². The molecule has 0 bridgehead atoms. The van der Waals surface area contributed by atoms with Crippen LogP contribution < -0.4 is 0 Å². The van der Waals surface area contributed by atoms with Gasteiger partial charge in [0.25, 0.3) is 0 Å². The van der Waals surface area contributed by atoms with Crippen LogP contribution in [0.15, 0.2) is 4.60 Å². The molecule has 0 N–H and O–H groups in total. The Hall–Kier alpha value is -0.640. The van der Waals surface area contributed by atoms with Gasteiger partial charge in [-0.15, -0.1) is 0 Å². The largest absolute Gasteiger partial charge is 0.315 e. The second-order valence-corrected chi connectivity index (χ2v) is 4.00. The van der Waals surface area contributed by atoms with Crippen molar-refractivity contribution in [1.29, 1.82) is 0 Å². The van der Waals surface area contributed by atoms with E-state index >= 15 is 0 Å². The van der Waals surface area contributed by atoms with E-state index in [9.17, 15) is 4.79 Å². The fourth-order valence-electron chi connectivity index (χ4n) is 1.61. The van der Waals surface area contributed by atoms with Gasteiger partial charge in [0.15, 0.2) is 5.78 Å². The van der Waals surface area contributed by atoms with Crippen LogP contribution in [0.5, 0.6) is 0 Å². The number of aromatic nitrogens is 2. The molecule has 0 aliphatic carbocycles. The molecule has 0 saturated carbocycles. The van der Waals surface area contributed by atoms with Crippen molar-refractivity contribution in [2.75, 3.05) is 0 Å². The molecule has 1 aromatic heterocycles. The Morgan fingerprint density at radius 2 is 2.31 bits per heavy atom. The number of carbonyl (C=O) groups is 1. The van der Waals surface area contributed by atoms with Crippen LogP contribution in [0.2, 0.25) is 0 Å². The van der Waals surface area contributed by atoms with Crippen molar-refractivity contribution in [2.24, 2.45) is 0 Å². The number of rotatable bonds is 1. The second kappa shape index (κ2) is 3.25. The topological polar surface area (TPSA) is 34.9 Å². The highest BCUT2D eigenvalue weighted by molar-refractivity contribution is 9.10. The number of aryl methyl sites for hydroxylation is 2. The van der Waals surface area contributed by atoms with Crippen molar-refractivity contribution in [1.82, 2.24) is 9.55 Å². The highest BCUT2D eigenvalue weighted by Crippen LogP contribution is 2.23. The number of imidazole rings is 1. The van der Waals surface area contributed by atoms with E-state index < -0.39 is 0 Å². The molecule has 1 aromatic rings. The standard InChI is InChI=1S/C9H11BrN2O/c1-2-7-9(10)12-5-6(13)3-4-8(12)11-7/h2-5H2,1H3. The van der Waals surface area contributed by atoms with Gasteiger partial charge in [-0.2, -0.15) is 0 Å². The van der Waals surface area contributed by atoms with Crippen molar-refractivity contribution in [2.45, 2.75) is 32.7 Å². The molecule has 3 nitrogen and oxygen atoms in total. The summed E-state index contributed by atoms with van der Waals surface area (Å²) in [6, 6.07) is 0. The van der Waals surface area contributed by atoms with E-state index in [1.165, 1.54) is 0 Å². The molecule has 1 aliphatic rings. The molecular weight excluding hydrogens is 232 g/mol. The molecule has 0 saturated heterocycles. The first-order valence-corrected chi connectivity index (χ1v) is 5.27. The average Bonchev–Trinajstić information content (AvgIpc) is 2.44. The summed E-state index contributed by atoms with van der Waals surface area (Å²) in [4.78, 5) is 15.7. The monoisotopic (exact) mass is 242 g/mol. The predicted octanol–water partition coefficient (Wildman–Crippen LogP) is 1.72. The third-order valence-corrected chi connectivity index (χ3v) is 3.23. The predicted molar refractivity (Wildman–Crippen MR) is 52.6 cm³/mol. The molecule has 0 unspecified atom stereocenters. The number of carbonyl (C=O) groups excluding carboxylic acids is 1. The Morgan fingerprint density at radius 1 is 1.54 bits per heavy atom. The summed E-state index contributed by atoms with van der Waals surface area (Å²) >= 11 is 3.47. The lowest BCUT2D eigenvalue weighted by molar-refractivity contribution is -0.120. The van der Waals surface area contributed by atoms with Crippen molar-refractivity contribution in [3.05, 3.63) is 16.1 Å². The zero-order chi connectivity index (χ0) is 9.42. The van der Waals surface area contributed by atoms with Gasteiger partial charge in [0.05, 0.1) is 12.2 Å². The summed E-state index contributed by atoms with van der Waals surface area (Å²) in [7, 11) is 0. The van der Waals surface area contributed by atoms with Gasteiger partial charge in [-0.1, -0.05) is 6.92 Å². The lowest BCUT2D eigenvalue weighted by atomic mass is 10.1. The van der Waals surface area contributed by atoms with Gasteiger partial charge in [0, 0.05) is 12.8 Å². The number of hydrogen-bond acceptors (Lipinski definition) is 2. The van der Waals surface area contributed by atoms with Crippen LogP contribution in [0.4, 0.5) is 0 Å². The van der Waals surface area contributed by atoms with Gasteiger partial charge in [0.1, 0.15) is 10.4 Å². The summed E-state index contributed by atoms with van der Waals surface area (Å²) in [5.74, 6) is 1.34. The van der Waals surface area contributed by atoms with Crippen LogP contribution in [0, 0.1) is 0 Å². The first-order valence-electron chi connectivity index (χ1n) is 4.48. The number of nitrogens with zero attached hydrogens (tertiary/aromatic N) is 2. The minimum Gasteiger partial charge on any atom is -0.315 e. The van der Waals surface area contributed by atoms with Crippen LogP contribution in [-0.4, -0.2) is 15.3 Å². The third kappa shape index (κ3) is 1.43. The fourth-order valence-corrected chi connectivity index (χ4v) is 2.31. The van der Waals surface area contributed by atoms with Crippen LogP contribution >= 0.6 is 15.9 Å². The molecule has 70 valence electrons. The highest BCUT2D eigenvalue weighted by Gasteiger charge is 2.20. The molecule has 4 heteroatoms. The van der Waals surface area contributed by atoms with Crippen LogP contribution in [0.1, 0.15) is 24.9 Å². The second-order valence-electron chi connectivity index (χ2n) is 3.24. The van der Waals surface area contributed by atoms with E-state index in [1.807, 2.05) is 4.57 Å². The van der Waals surface area contributed by atoms with Gasteiger partial charge in [0.2, 0.25) is 0 Å². The Balaban J connectivity index is 2.45. The molecule has 2 rings (SSSR count). The Kier molecular flexibility index (Phi) is 2.24. The van der Waals surface area contributed by atoms with Gasteiger partial charge in [-0.05, 0) is 22.4 Å². The molecule has 0 amide bonds. The summed E-state index contributed by atoms with van der Waals surface area (Å²) < 4.78 is 2.96. The highest BCUT2D eigenvalue weighted by atomic mass is 79.9. The number of hydrogen-bond donors (Lipinski definition) is 0. The molecule has 0 atom stereocenters. The van der Waals surface area contributed by atoms with Crippen molar-refractivity contribution in [3.8, 4) is 0 Å². The quantitative estimate of drug-likeness (QED) is 0.752. The van der Waals surface area contributed by atoms with E-state index in [4.69, 9.17) is 0 Å². The van der Waals surface area contributed by atoms with E-state index in [0.717, 1.165) is 29.0 Å². The van der Waals surface area contributed by atoms with E-state index in [1.54, 1.807) is 0 Å². The molecular formula is C9H11BrN2O. The maximum absolute atomic E-state index is 11.2. The number of fused-ring (bicyclic) bond motifs is 1. The smallest absolute Gasteiger partial charge is 0.153 e. The summed E-state index contributed by atoms with van der Waals surface area (Å²) in [6.45, 7) is 2.56. The Labute approximate surface area is 85.3 Å². The maximum atomic E-state index is 11.2. The fraction of sp³-hybridized carbons (Fsp3) is 0.556. The van der Waals surface area contributed by atoms with Crippen molar-refractivity contribution >= 4 is 21.7 Å². The van der Waals surface area contributed by atoms with Crippen molar-refractivity contribution in [3.63, 3.8) is 0 Å². The minimum absolute atomic E-state index is 0.299. The van der Waals surface area contributed by atoms with Gasteiger partial charge >= 0.3 is 0 Å². The molecule has 0 fully saturated rings. The summed E-state index contributed by atoms with van der Waals surface area (Å²) in [5, 5.41) is 0. The normalized spacial score (nSPS) is 16.0. The van der Waals surface area contributed by atoms with Gasteiger partial charge < -0.3 is 4.57 Å². The van der Waals surface area contributed by atoms with E-state index in [2.05, 4.69) is 27.8 Å². The number of ketones is 1. The van der Waals surface area contributed by atoms with E-state index in [-0.39, 0.29) is 0 Å². The molecule has 2 heterocycles. The van der Waals surface area contributed by atoms with E-state index in [0.29, 0.717) is 18.7 Å².